The molecule has 1 heterocycles. The van der Waals surface area contributed by atoms with Crippen LogP contribution in [0.15, 0.2) is 41.8 Å². The van der Waals surface area contributed by atoms with Crippen molar-refractivity contribution in [1.82, 2.24) is 0 Å². The lowest BCUT2D eigenvalue weighted by molar-refractivity contribution is 0.333. The van der Waals surface area contributed by atoms with Crippen LogP contribution in [0.5, 0.6) is 5.75 Å². The minimum atomic E-state index is 0.0581. The Bertz CT molecular complexity index is 481. The number of aryl methyl sites for hydroxylation is 1. The Morgan fingerprint density at radius 1 is 1.21 bits per heavy atom. The summed E-state index contributed by atoms with van der Waals surface area (Å²) in [6.45, 7) is 2.68. The summed E-state index contributed by atoms with van der Waals surface area (Å²) in [6, 6.07) is 12.4. The average molecular weight is 275 g/mol. The van der Waals surface area contributed by atoms with Crippen molar-refractivity contribution in [3.8, 4) is 5.75 Å². The Labute approximate surface area is 119 Å². The summed E-state index contributed by atoms with van der Waals surface area (Å²) in [7, 11) is 0. The van der Waals surface area contributed by atoms with E-state index in [0.717, 1.165) is 30.6 Å². The Morgan fingerprint density at radius 2 is 2.05 bits per heavy atom. The number of hydrogen-bond donors (Lipinski definition) is 1. The van der Waals surface area contributed by atoms with Crippen LogP contribution < -0.4 is 10.5 Å². The first-order valence-corrected chi connectivity index (χ1v) is 7.69. The van der Waals surface area contributed by atoms with Crippen molar-refractivity contribution < 1.29 is 4.74 Å². The first kappa shape index (κ1) is 14.1. The zero-order valence-corrected chi connectivity index (χ0v) is 12.2. The molecule has 1 aromatic heterocycles. The third-order valence-electron chi connectivity index (χ3n) is 3.14. The third kappa shape index (κ3) is 4.08. The maximum Gasteiger partial charge on any atom is 0.124 e. The quantitative estimate of drug-likeness (QED) is 0.823. The number of nitrogens with two attached hydrogens (primary N) is 1. The van der Waals surface area contributed by atoms with Crippen molar-refractivity contribution in [2.75, 3.05) is 6.61 Å². The van der Waals surface area contributed by atoms with E-state index in [2.05, 4.69) is 23.6 Å². The fourth-order valence-corrected chi connectivity index (χ4v) is 2.93. The van der Waals surface area contributed by atoms with Crippen LogP contribution >= 0.6 is 11.3 Å². The molecule has 19 heavy (non-hydrogen) atoms. The van der Waals surface area contributed by atoms with Gasteiger partial charge in [-0.1, -0.05) is 24.3 Å². The van der Waals surface area contributed by atoms with E-state index in [-0.39, 0.29) is 6.04 Å². The molecule has 0 bridgehead atoms. The van der Waals surface area contributed by atoms with Gasteiger partial charge in [0.2, 0.25) is 0 Å². The molecule has 0 radical (unpaired) electrons. The SMILES string of the molecule is CCOc1ccccc1C(N)CCCc1cccs1. The van der Waals surface area contributed by atoms with Gasteiger partial charge in [0, 0.05) is 16.5 Å². The monoisotopic (exact) mass is 275 g/mol. The van der Waals surface area contributed by atoms with Crippen LogP contribution in [0.3, 0.4) is 0 Å². The van der Waals surface area contributed by atoms with Gasteiger partial charge in [0.25, 0.3) is 0 Å². The first-order valence-electron chi connectivity index (χ1n) is 6.81. The molecular weight excluding hydrogens is 254 g/mol. The Hall–Kier alpha value is -1.32. The molecule has 0 fully saturated rings. The van der Waals surface area contributed by atoms with E-state index in [0.29, 0.717) is 6.61 Å². The Kier molecular flexibility index (Phi) is 5.43. The maximum atomic E-state index is 6.29. The molecule has 0 aliphatic carbocycles. The van der Waals surface area contributed by atoms with Crippen LogP contribution in [-0.4, -0.2) is 6.61 Å². The smallest absolute Gasteiger partial charge is 0.124 e. The van der Waals surface area contributed by atoms with Crippen LogP contribution in [-0.2, 0) is 6.42 Å². The summed E-state index contributed by atoms with van der Waals surface area (Å²) >= 11 is 1.82. The van der Waals surface area contributed by atoms with Gasteiger partial charge in [0.1, 0.15) is 5.75 Å². The van der Waals surface area contributed by atoms with Crippen molar-refractivity contribution in [2.24, 2.45) is 5.73 Å². The average Bonchev–Trinajstić information content (AvgIpc) is 2.93. The van der Waals surface area contributed by atoms with Crippen LogP contribution in [0.4, 0.5) is 0 Å². The van der Waals surface area contributed by atoms with Gasteiger partial charge in [-0.15, -0.1) is 11.3 Å². The predicted octanol–water partition coefficient (Wildman–Crippen LogP) is 4.17. The van der Waals surface area contributed by atoms with Crippen LogP contribution in [0.25, 0.3) is 0 Å². The zero-order chi connectivity index (χ0) is 13.5. The first-order chi connectivity index (χ1) is 9.31. The second-order valence-electron chi connectivity index (χ2n) is 4.55. The second-order valence-corrected chi connectivity index (χ2v) is 5.58. The van der Waals surface area contributed by atoms with Gasteiger partial charge < -0.3 is 10.5 Å². The van der Waals surface area contributed by atoms with Crippen molar-refractivity contribution >= 4 is 11.3 Å². The zero-order valence-electron chi connectivity index (χ0n) is 11.3. The fourth-order valence-electron chi connectivity index (χ4n) is 2.18. The molecule has 0 amide bonds. The topological polar surface area (TPSA) is 35.2 Å². The van der Waals surface area contributed by atoms with Crippen LogP contribution in [0, 0.1) is 0 Å². The Morgan fingerprint density at radius 3 is 2.79 bits per heavy atom. The largest absolute Gasteiger partial charge is 0.494 e. The molecule has 0 spiro atoms. The lowest BCUT2D eigenvalue weighted by Gasteiger charge is -2.16. The highest BCUT2D eigenvalue weighted by Gasteiger charge is 2.11. The number of ether oxygens (including phenoxy) is 1. The molecule has 1 atom stereocenters. The van der Waals surface area contributed by atoms with E-state index in [4.69, 9.17) is 10.5 Å². The van der Waals surface area contributed by atoms with E-state index in [1.807, 2.05) is 36.5 Å². The lowest BCUT2D eigenvalue weighted by Crippen LogP contribution is -2.12. The van der Waals surface area contributed by atoms with Gasteiger partial charge in [-0.05, 0) is 43.7 Å². The number of para-hydroxylation sites is 1. The molecule has 2 N–H and O–H groups in total. The molecule has 0 aliphatic heterocycles. The predicted molar refractivity (Wildman–Crippen MR) is 81.8 cm³/mol. The highest BCUT2D eigenvalue weighted by Crippen LogP contribution is 2.27. The van der Waals surface area contributed by atoms with Gasteiger partial charge in [0.05, 0.1) is 6.61 Å². The minimum Gasteiger partial charge on any atom is -0.494 e. The van der Waals surface area contributed by atoms with Crippen molar-refractivity contribution in [1.29, 1.82) is 0 Å². The molecule has 1 aromatic carbocycles. The van der Waals surface area contributed by atoms with Gasteiger partial charge in [-0.3, -0.25) is 0 Å². The van der Waals surface area contributed by atoms with Crippen molar-refractivity contribution in [2.45, 2.75) is 32.2 Å². The summed E-state index contributed by atoms with van der Waals surface area (Å²) in [4.78, 5) is 1.44. The van der Waals surface area contributed by atoms with Crippen molar-refractivity contribution in [3.63, 3.8) is 0 Å². The number of rotatable bonds is 7. The van der Waals surface area contributed by atoms with E-state index < -0.39 is 0 Å². The molecule has 0 saturated heterocycles. The van der Waals surface area contributed by atoms with Gasteiger partial charge >= 0.3 is 0 Å². The summed E-state index contributed by atoms with van der Waals surface area (Å²) in [5.41, 5.74) is 7.41. The molecule has 102 valence electrons. The fraction of sp³-hybridized carbons (Fsp3) is 0.375. The highest BCUT2D eigenvalue weighted by atomic mass is 32.1. The maximum absolute atomic E-state index is 6.29. The molecule has 0 saturated carbocycles. The van der Waals surface area contributed by atoms with Gasteiger partial charge in [0.15, 0.2) is 0 Å². The molecule has 2 nitrogen and oxygen atoms in total. The normalized spacial score (nSPS) is 12.3. The number of thiophene rings is 1. The Balaban J connectivity index is 1.90. The van der Waals surface area contributed by atoms with E-state index in [1.54, 1.807) is 0 Å². The molecule has 2 aromatic rings. The highest BCUT2D eigenvalue weighted by molar-refractivity contribution is 7.09. The second kappa shape index (κ2) is 7.31. The van der Waals surface area contributed by atoms with Gasteiger partial charge in [-0.2, -0.15) is 0 Å². The molecule has 2 rings (SSSR count). The summed E-state index contributed by atoms with van der Waals surface area (Å²) in [6.07, 6.45) is 3.21. The van der Waals surface area contributed by atoms with Crippen LogP contribution in [0.2, 0.25) is 0 Å². The molecule has 3 heteroatoms. The third-order valence-corrected chi connectivity index (χ3v) is 4.07. The molecule has 1 unspecified atom stereocenters. The van der Waals surface area contributed by atoms with Crippen LogP contribution in [0.1, 0.15) is 36.2 Å². The lowest BCUT2D eigenvalue weighted by atomic mass is 10.0. The minimum absolute atomic E-state index is 0.0581. The number of hydrogen-bond acceptors (Lipinski definition) is 3. The van der Waals surface area contributed by atoms with E-state index in [1.165, 1.54) is 4.88 Å². The summed E-state index contributed by atoms with van der Waals surface area (Å²) in [5, 5.41) is 2.12. The summed E-state index contributed by atoms with van der Waals surface area (Å²) in [5.74, 6) is 0.925. The van der Waals surface area contributed by atoms with Crippen molar-refractivity contribution in [3.05, 3.63) is 52.2 Å². The van der Waals surface area contributed by atoms with E-state index >= 15 is 0 Å². The van der Waals surface area contributed by atoms with Gasteiger partial charge in [-0.25, -0.2) is 0 Å². The number of benzene rings is 1. The standard InChI is InChI=1S/C16H21NOS/c1-2-18-16-11-4-3-9-14(16)15(17)10-5-7-13-8-6-12-19-13/h3-4,6,8-9,11-12,15H,2,5,7,10,17H2,1H3. The molecular formula is C16H21NOS. The molecule has 0 aliphatic rings. The summed E-state index contributed by atoms with van der Waals surface area (Å²) < 4.78 is 5.63. The van der Waals surface area contributed by atoms with E-state index in [9.17, 15) is 0 Å².